The fourth-order valence-corrected chi connectivity index (χ4v) is 2.13. The van der Waals surface area contributed by atoms with Crippen LogP contribution in [0, 0.1) is 6.92 Å². The van der Waals surface area contributed by atoms with Gasteiger partial charge in [-0.3, -0.25) is 0 Å². The number of ether oxygens (including phenoxy) is 1. The third-order valence-corrected chi connectivity index (χ3v) is 3.19. The molecule has 0 amide bonds. The molecule has 0 spiro atoms. The molecule has 2 aromatic heterocycles. The first-order chi connectivity index (χ1) is 10.2. The van der Waals surface area contributed by atoms with Gasteiger partial charge in [-0.15, -0.1) is 0 Å². The van der Waals surface area contributed by atoms with E-state index < -0.39 is 0 Å². The number of imidazole rings is 1. The average Bonchev–Trinajstić information content (AvgIpc) is 2.94. The van der Waals surface area contributed by atoms with Crippen LogP contribution in [-0.4, -0.2) is 26.8 Å². The summed E-state index contributed by atoms with van der Waals surface area (Å²) in [5.74, 6) is 0.759. The van der Waals surface area contributed by atoms with E-state index in [1.165, 1.54) is 0 Å². The summed E-state index contributed by atoms with van der Waals surface area (Å²) >= 11 is 0. The zero-order chi connectivity index (χ0) is 14.8. The first kappa shape index (κ1) is 13.2. The van der Waals surface area contributed by atoms with Crippen LogP contribution >= 0.6 is 0 Å². The lowest BCUT2D eigenvalue weighted by Gasteiger charge is -2.10. The molecule has 5 nitrogen and oxygen atoms in total. The average molecular weight is 281 g/mol. The Morgan fingerprint density at radius 3 is 2.48 bits per heavy atom. The highest BCUT2D eigenvalue weighted by Gasteiger charge is 2.10. The van der Waals surface area contributed by atoms with E-state index in [0.29, 0.717) is 5.88 Å². The van der Waals surface area contributed by atoms with E-state index in [-0.39, 0.29) is 5.75 Å². The summed E-state index contributed by atoms with van der Waals surface area (Å²) in [4.78, 5) is 8.73. The Kier molecular flexibility index (Phi) is 3.31. The van der Waals surface area contributed by atoms with Crippen LogP contribution in [0.1, 0.15) is 5.69 Å². The van der Waals surface area contributed by atoms with Crippen LogP contribution in [0.15, 0.2) is 48.9 Å². The molecule has 0 aliphatic rings. The van der Waals surface area contributed by atoms with Gasteiger partial charge in [0.2, 0.25) is 5.88 Å². The summed E-state index contributed by atoms with van der Waals surface area (Å²) in [7, 11) is 1.59. The van der Waals surface area contributed by atoms with Crippen molar-refractivity contribution < 1.29 is 9.84 Å². The second-order valence-corrected chi connectivity index (χ2v) is 4.69. The molecule has 0 aliphatic heterocycles. The van der Waals surface area contributed by atoms with Crippen LogP contribution in [0.4, 0.5) is 0 Å². The van der Waals surface area contributed by atoms with Crippen LogP contribution in [0.5, 0.6) is 11.6 Å². The minimum absolute atomic E-state index is 0.233. The van der Waals surface area contributed by atoms with Crippen LogP contribution in [0.25, 0.3) is 16.9 Å². The summed E-state index contributed by atoms with van der Waals surface area (Å²) in [6, 6.07) is 10.8. The van der Waals surface area contributed by atoms with Gasteiger partial charge < -0.3 is 14.4 Å². The molecule has 3 rings (SSSR count). The highest BCUT2D eigenvalue weighted by atomic mass is 16.5. The molecule has 0 unspecified atom stereocenters. The summed E-state index contributed by atoms with van der Waals surface area (Å²) in [5.41, 5.74) is 3.46. The molecule has 0 bridgehead atoms. The first-order valence-corrected chi connectivity index (χ1v) is 6.53. The Hall–Kier alpha value is -2.82. The third-order valence-electron chi connectivity index (χ3n) is 3.19. The predicted octanol–water partition coefficient (Wildman–Crippen LogP) is 2.96. The molecule has 0 saturated heterocycles. The maximum atomic E-state index is 9.34. The van der Waals surface area contributed by atoms with E-state index in [4.69, 9.17) is 4.74 Å². The van der Waals surface area contributed by atoms with E-state index in [1.54, 1.807) is 25.6 Å². The molecule has 21 heavy (non-hydrogen) atoms. The van der Waals surface area contributed by atoms with Gasteiger partial charge in [-0.2, -0.15) is 0 Å². The van der Waals surface area contributed by atoms with E-state index in [9.17, 15) is 5.11 Å². The zero-order valence-corrected chi connectivity index (χ0v) is 11.8. The molecular weight excluding hydrogens is 266 g/mol. The number of rotatable bonds is 3. The lowest BCUT2D eigenvalue weighted by molar-refractivity contribution is 0.396. The van der Waals surface area contributed by atoms with E-state index in [2.05, 4.69) is 9.97 Å². The van der Waals surface area contributed by atoms with Crippen molar-refractivity contribution in [2.24, 2.45) is 0 Å². The Morgan fingerprint density at radius 1 is 1.10 bits per heavy atom. The van der Waals surface area contributed by atoms with Gasteiger partial charge in [-0.05, 0) is 43.3 Å². The molecule has 0 atom stereocenters. The molecule has 5 heteroatoms. The lowest BCUT2D eigenvalue weighted by Crippen LogP contribution is -1.99. The number of hydrogen-bond donors (Lipinski definition) is 1. The van der Waals surface area contributed by atoms with Gasteiger partial charge in [0.25, 0.3) is 0 Å². The van der Waals surface area contributed by atoms with Crippen molar-refractivity contribution in [2.45, 2.75) is 6.92 Å². The van der Waals surface area contributed by atoms with Crippen LogP contribution < -0.4 is 4.74 Å². The molecule has 0 radical (unpaired) electrons. The van der Waals surface area contributed by atoms with Crippen LogP contribution in [-0.2, 0) is 0 Å². The number of methoxy groups -OCH3 is 1. The monoisotopic (exact) mass is 281 g/mol. The van der Waals surface area contributed by atoms with E-state index in [0.717, 1.165) is 22.6 Å². The minimum Gasteiger partial charge on any atom is -0.508 e. The maximum absolute atomic E-state index is 9.34. The molecule has 2 heterocycles. The van der Waals surface area contributed by atoms with Crippen LogP contribution in [0.2, 0.25) is 0 Å². The van der Waals surface area contributed by atoms with Crippen molar-refractivity contribution in [1.82, 2.24) is 14.5 Å². The number of aryl methyl sites for hydroxylation is 1. The topological polar surface area (TPSA) is 60.2 Å². The number of aromatic nitrogens is 3. The molecule has 3 aromatic rings. The highest BCUT2D eigenvalue weighted by molar-refractivity contribution is 5.62. The fourth-order valence-electron chi connectivity index (χ4n) is 2.13. The molecule has 1 N–H and O–H groups in total. The van der Waals surface area contributed by atoms with Gasteiger partial charge >= 0.3 is 0 Å². The zero-order valence-electron chi connectivity index (χ0n) is 11.8. The molecular formula is C16H15N3O2. The van der Waals surface area contributed by atoms with Crippen molar-refractivity contribution in [3.8, 4) is 28.6 Å². The molecule has 0 fully saturated rings. The van der Waals surface area contributed by atoms with Crippen molar-refractivity contribution in [1.29, 1.82) is 0 Å². The summed E-state index contributed by atoms with van der Waals surface area (Å²) < 4.78 is 7.26. The highest BCUT2D eigenvalue weighted by Crippen LogP contribution is 2.26. The van der Waals surface area contributed by atoms with Crippen molar-refractivity contribution in [3.63, 3.8) is 0 Å². The van der Waals surface area contributed by atoms with Crippen LogP contribution in [0.3, 0.4) is 0 Å². The fraction of sp³-hybridized carbons (Fsp3) is 0.125. The van der Waals surface area contributed by atoms with Crippen molar-refractivity contribution in [2.75, 3.05) is 7.11 Å². The van der Waals surface area contributed by atoms with Crippen molar-refractivity contribution in [3.05, 3.63) is 54.6 Å². The molecule has 106 valence electrons. The van der Waals surface area contributed by atoms with E-state index >= 15 is 0 Å². The van der Waals surface area contributed by atoms with Gasteiger partial charge in [0.15, 0.2) is 0 Å². The Morgan fingerprint density at radius 2 is 1.86 bits per heavy atom. The normalized spacial score (nSPS) is 10.6. The van der Waals surface area contributed by atoms with E-state index in [1.807, 2.05) is 42.0 Å². The Labute approximate surface area is 122 Å². The first-order valence-electron chi connectivity index (χ1n) is 6.53. The SMILES string of the molecule is COc1nc(-c2ccc(O)cc2)ccc1-n1cnc(C)c1. The van der Waals surface area contributed by atoms with Gasteiger partial charge in [0.05, 0.1) is 24.8 Å². The number of pyridine rings is 1. The number of hydrogen-bond acceptors (Lipinski definition) is 4. The second kappa shape index (κ2) is 5.28. The predicted molar refractivity (Wildman–Crippen MR) is 79.7 cm³/mol. The Balaban J connectivity index is 2.04. The standard InChI is InChI=1S/C16H15N3O2/c1-11-9-19(10-17-11)15-8-7-14(18-16(15)21-2)12-3-5-13(20)6-4-12/h3-10,20H,1-2H3. The summed E-state index contributed by atoms with van der Waals surface area (Å²) in [6.07, 6.45) is 3.65. The molecule has 0 saturated carbocycles. The second-order valence-electron chi connectivity index (χ2n) is 4.69. The maximum Gasteiger partial charge on any atom is 0.238 e. The van der Waals surface area contributed by atoms with Gasteiger partial charge in [0.1, 0.15) is 11.4 Å². The van der Waals surface area contributed by atoms with Gasteiger partial charge in [-0.1, -0.05) is 0 Å². The molecule has 1 aromatic carbocycles. The number of phenolic OH excluding ortho intramolecular Hbond substituents is 1. The largest absolute Gasteiger partial charge is 0.508 e. The van der Waals surface area contributed by atoms with Gasteiger partial charge in [-0.25, -0.2) is 9.97 Å². The van der Waals surface area contributed by atoms with Gasteiger partial charge in [0, 0.05) is 11.8 Å². The third kappa shape index (κ3) is 2.58. The lowest BCUT2D eigenvalue weighted by atomic mass is 10.1. The van der Waals surface area contributed by atoms with Crippen molar-refractivity contribution >= 4 is 0 Å². The summed E-state index contributed by atoms with van der Waals surface area (Å²) in [6.45, 7) is 1.93. The smallest absolute Gasteiger partial charge is 0.238 e. The number of nitrogens with zero attached hydrogens (tertiary/aromatic N) is 3. The number of aromatic hydroxyl groups is 1. The quantitative estimate of drug-likeness (QED) is 0.801. The number of phenols is 1. The summed E-state index contributed by atoms with van der Waals surface area (Å²) in [5, 5.41) is 9.34. The number of benzene rings is 1. The molecule has 0 aliphatic carbocycles. The minimum atomic E-state index is 0.233. The Bertz CT molecular complexity index is 763.